The molecule has 0 heteroatoms. The Hall–Kier alpha value is -7.54. The van der Waals surface area contributed by atoms with Crippen molar-refractivity contribution in [2.24, 2.45) is 0 Å². The van der Waals surface area contributed by atoms with Gasteiger partial charge in [-0.2, -0.15) is 0 Å². The molecule has 61 heavy (non-hydrogen) atoms. The molecule has 11 aromatic carbocycles. The maximum absolute atomic E-state index is 2.44. The first-order chi connectivity index (χ1) is 30.1. The number of hydrogen-bond acceptors (Lipinski definition) is 0. The van der Waals surface area contributed by atoms with E-state index < -0.39 is 0 Å². The lowest BCUT2D eigenvalue weighted by molar-refractivity contribution is 0.867. The highest BCUT2D eigenvalue weighted by molar-refractivity contribution is 6.21. The van der Waals surface area contributed by atoms with Crippen molar-refractivity contribution in [3.63, 3.8) is 0 Å². The summed E-state index contributed by atoms with van der Waals surface area (Å²) in [6, 6.07) is 83.2. The summed E-state index contributed by atoms with van der Waals surface area (Å²) in [6.45, 7) is 4.55. The fraction of sp³-hybridized carbons (Fsp3) is 0.0492. The van der Waals surface area contributed by atoms with Crippen LogP contribution < -0.4 is 0 Å². The van der Waals surface area contributed by atoms with E-state index in [1.807, 2.05) is 0 Å². The molecular formula is C61H44. The predicted molar refractivity (Wildman–Crippen MR) is 263 cm³/mol. The minimum Gasteiger partial charge on any atom is -0.0616 e. The molecule has 0 heterocycles. The Bertz CT molecular complexity index is 3380. The van der Waals surface area contributed by atoms with Crippen molar-refractivity contribution in [1.29, 1.82) is 0 Å². The third-order valence-corrected chi connectivity index (χ3v) is 12.6. The first-order valence-electron chi connectivity index (χ1n) is 21.4. The summed E-state index contributed by atoms with van der Waals surface area (Å²) < 4.78 is 0. The van der Waals surface area contributed by atoms with Crippen LogP contribution in [0.25, 0.3) is 110 Å². The molecule has 0 bridgehead atoms. The topological polar surface area (TPSA) is 0 Å². The van der Waals surface area contributed by atoms with Crippen LogP contribution in [0.4, 0.5) is 0 Å². The van der Waals surface area contributed by atoms with Gasteiger partial charge >= 0.3 is 0 Å². The summed E-state index contributed by atoms with van der Waals surface area (Å²) in [6.07, 6.45) is 0. The summed E-state index contributed by atoms with van der Waals surface area (Å²) in [5.41, 5.74) is 16.1. The molecule has 0 aliphatic heterocycles. The predicted octanol–water partition coefficient (Wildman–Crippen LogP) is 17.4. The fourth-order valence-electron chi connectivity index (χ4n) is 9.44. The van der Waals surface area contributed by atoms with Crippen molar-refractivity contribution in [2.45, 2.75) is 19.8 Å². The lowest BCUT2D eigenvalue weighted by Crippen LogP contribution is -1.94. The molecule has 0 aliphatic carbocycles. The van der Waals surface area contributed by atoms with E-state index in [-0.39, 0.29) is 0 Å². The highest BCUT2D eigenvalue weighted by atomic mass is 14.2. The first-order valence-corrected chi connectivity index (χ1v) is 21.4. The van der Waals surface area contributed by atoms with Gasteiger partial charge in [0, 0.05) is 0 Å². The lowest BCUT2D eigenvalue weighted by atomic mass is 9.83. The summed E-state index contributed by atoms with van der Waals surface area (Å²) in [5, 5.41) is 10.1. The Balaban J connectivity index is 1.08. The molecule has 0 spiro atoms. The summed E-state index contributed by atoms with van der Waals surface area (Å²) in [4.78, 5) is 0. The zero-order chi connectivity index (χ0) is 40.9. The van der Waals surface area contributed by atoms with Gasteiger partial charge in [-0.15, -0.1) is 0 Å². The molecule has 0 saturated carbocycles. The quantitative estimate of drug-likeness (QED) is 0.141. The van der Waals surface area contributed by atoms with Gasteiger partial charge in [-0.1, -0.05) is 214 Å². The Kier molecular flexibility index (Phi) is 9.13. The van der Waals surface area contributed by atoms with Gasteiger partial charge < -0.3 is 0 Å². The fourth-order valence-corrected chi connectivity index (χ4v) is 9.44. The van der Waals surface area contributed by atoms with E-state index in [1.54, 1.807) is 0 Å². The molecule has 0 aliphatic rings. The van der Waals surface area contributed by atoms with Gasteiger partial charge in [0.05, 0.1) is 0 Å². The van der Waals surface area contributed by atoms with Gasteiger partial charge in [-0.3, -0.25) is 0 Å². The van der Waals surface area contributed by atoms with Crippen LogP contribution in [0.3, 0.4) is 0 Å². The molecule has 0 aromatic heterocycles. The minimum absolute atomic E-state index is 0.449. The van der Waals surface area contributed by atoms with Gasteiger partial charge in [-0.05, 0) is 146 Å². The number of rotatable bonds is 7. The van der Waals surface area contributed by atoms with Gasteiger partial charge in [0.2, 0.25) is 0 Å². The van der Waals surface area contributed by atoms with E-state index in [4.69, 9.17) is 0 Å². The van der Waals surface area contributed by atoms with Crippen LogP contribution in [0.1, 0.15) is 25.3 Å². The van der Waals surface area contributed by atoms with Crippen LogP contribution in [-0.2, 0) is 0 Å². The Morgan fingerprint density at radius 3 is 1.25 bits per heavy atom. The van der Waals surface area contributed by atoms with Crippen molar-refractivity contribution in [3.8, 4) is 66.8 Å². The Morgan fingerprint density at radius 2 is 0.656 bits per heavy atom. The van der Waals surface area contributed by atoms with Crippen LogP contribution in [0, 0.1) is 0 Å². The standard InChI is InChI=1S/C61H44/c1-40(2)45-17-11-20-52(35-45)60-55-21-7-9-23-57(55)61(58-24-10-8-22-56(58)60)53-33-34-54(51-32-30-42-14-4-6-16-47(42)38-51)59(39-53)50-19-12-18-48(37-50)43-25-27-44(28-26-43)49-31-29-41-13-3-5-15-46(41)36-49/h3-40H,1-2H3. The highest BCUT2D eigenvalue weighted by Gasteiger charge is 2.19. The van der Waals surface area contributed by atoms with Crippen LogP contribution >= 0.6 is 0 Å². The smallest absolute Gasteiger partial charge is 0.00261 e. The highest BCUT2D eigenvalue weighted by Crippen LogP contribution is 2.46. The van der Waals surface area contributed by atoms with Gasteiger partial charge in [0.15, 0.2) is 0 Å². The second kappa shape index (κ2) is 15.2. The molecule has 0 nitrogen and oxygen atoms in total. The minimum atomic E-state index is 0.449. The molecule has 288 valence electrons. The average molecular weight is 777 g/mol. The van der Waals surface area contributed by atoms with Crippen molar-refractivity contribution in [2.75, 3.05) is 0 Å². The average Bonchev–Trinajstić information content (AvgIpc) is 3.33. The van der Waals surface area contributed by atoms with Gasteiger partial charge in [0.25, 0.3) is 0 Å². The second-order valence-electron chi connectivity index (χ2n) is 16.7. The third-order valence-electron chi connectivity index (χ3n) is 12.6. The van der Waals surface area contributed by atoms with E-state index in [0.717, 1.165) is 0 Å². The van der Waals surface area contributed by atoms with Crippen molar-refractivity contribution >= 4 is 43.1 Å². The third kappa shape index (κ3) is 6.68. The van der Waals surface area contributed by atoms with E-state index in [9.17, 15) is 0 Å². The van der Waals surface area contributed by atoms with Crippen molar-refractivity contribution < 1.29 is 0 Å². The zero-order valence-corrected chi connectivity index (χ0v) is 34.4. The van der Waals surface area contributed by atoms with Crippen LogP contribution in [0.2, 0.25) is 0 Å². The molecule has 11 rings (SSSR count). The largest absolute Gasteiger partial charge is 0.0616 e. The summed E-state index contributed by atoms with van der Waals surface area (Å²) in [7, 11) is 0. The molecular weight excluding hydrogens is 733 g/mol. The number of fused-ring (bicyclic) bond motifs is 4. The molecule has 0 radical (unpaired) electrons. The van der Waals surface area contributed by atoms with Crippen LogP contribution in [0.5, 0.6) is 0 Å². The summed E-state index contributed by atoms with van der Waals surface area (Å²) in [5.74, 6) is 0.449. The normalized spacial score (nSPS) is 11.6. The Labute approximate surface area is 358 Å². The number of hydrogen-bond donors (Lipinski definition) is 0. The molecule has 11 aromatic rings. The molecule has 0 amide bonds. The van der Waals surface area contributed by atoms with Gasteiger partial charge in [-0.25, -0.2) is 0 Å². The lowest BCUT2D eigenvalue weighted by Gasteiger charge is -2.20. The van der Waals surface area contributed by atoms with Crippen LogP contribution in [0.15, 0.2) is 224 Å². The molecule has 0 atom stereocenters. The van der Waals surface area contributed by atoms with E-state index in [2.05, 4.69) is 238 Å². The zero-order valence-electron chi connectivity index (χ0n) is 34.4. The van der Waals surface area contributed by atoms with Crippen LogP contribution in [-0.4, -0.2) is 0 Å². The first kappa shape index (κ1) is 36.5. The van der Waals surface area contributed by atoms with Crippen molar-refractivity contribution in [3.05, 3.63) is 230 Å². The molecule has 0 saturated heterocycles. The molecule has 0 fully saturated rings. The molecule has 0 N–H and O–H groups in total. The maximum atomic E-state index is 2.44. The van der Waals surface area contributed by atoms with Gasteiger partial charge in [0.1, 0.15) is 0 Å². The Morgan fingerprint density at radius 1 is 0.246 bits per heavy atom. The molecule has 0 unspecified atom stereocenters. The summed E-state index contributed by atoms with van der Waals surface area (Å²) >= 11 is 0. The SMILES string of the molecule is CC(C)c1cccc(-c2c3ccccc3c(-c3ccc(-c4ccc5ccccc5c4)c(-c4cccc(-c5ccc(-c6ccc7ccccc7c6)cc5)c4)c3)c3ccccc23)c1. The second-order valence-corrected chi connectivity index (χ2v) is 16.7. The number of benzene rings is 11. The van der Waals surface area contributed by atoms with E-state index in [0.29, 0.717) is 5.92 Å². The maximum Gasteiger partial charge on any atom is -0.00261 e. The van der Waals surface area contributed by atoms with E-state index in [1.165, 1.54) is 115 Å². The monoisotopic (exact) mass is 776 g/mol. The van der Waals surface area contributed by atoms with Crippen molar-refractivity contribution in [1.82, 2.24) is 0 Å². The van der Waals surface area contributed by atoms with E-state index >= 15 is 0 Å².